The van der Waals surface area contributed by atoms with Gasteiger partial charge in [0.1, 0.15) is 0 Å². The average Bonchev–Trinajstić information content (AvgIpc) is 2.91. The third-order valence-electron chi connectivity index (χ3n) is 5.26. The summed E-state index contributed by atoms with van der Waals surface area (Å²) in [5.41, 5.74) is 0. The first-order valence-electron chi connectivity index (χ1n) is 8.31. The standard InChI is InChI=1S/C16H28N2O/c19-16(7-4-10-17-8-1-2-9-17)18-12-14-5-3-6-15(11-14)13-18/h14-15H,1-13H2. The lowest BCUT2D eigenvalue weighted by molar-refractivity contribution is -0.135. The van der Waals surface area contributed by atoms with Gasteiger partial charge in [0, 0.05) is 19.5 Å². The fourth-order valence-electron chi connectivity index (χ4n) is 4.25. The van der Waals surface area contributed by atoms with Crippen molar-refractivity contribution in [1.82, 2.24) is 9.80 Å². The number of carbonyl (C=O) groups is 1. The molecule has 0 aromatic carbocycles. The molecule has 2 bridgehead atoms. The lowest BCUT2D eigenvalue weighted by atomic mass is 9.78. The van der Waals surface area contributed by atoms with Crippen LogP contribution in [-0.4, -0.2) is 48.4 Å². The summed E-state index contributed by atoms with van der Waals surface area (Å²) < 4.78 is 0. The molecule has 3 heteroatoms. The van der Waals surface area contributed by atoms with Gasteiger partial charge in [-0.15, -0.1) is 0 Å². The maximum Gasteiger partial charge on any atom is 0.222 e. The summed E-state index contributed by atoms with van der Waals surface area (Å²) in [5.74, 6) is 2.06. The highest BCUT2D eigenvalue weighted by Gasteiger charge is 2.32. The molecule has 0 N–H and O–H groups in total. The van der Waals surface area contributed by atoms with E-state index in [1.54, 1.807) is 0 Å². The summed E-state index contributed by atoms with van der Waals surface area (Å²) >= 11 is 0. The largest absolute Gasteiger partial charge is 0.342 e. The van der Waals surface area contributed by atoms with Crippen molar-refractivity contribution in [1.29, 1.82) is 0 Å². The van der Waals surface area contributed by atoms with Gasteiger partial charge in [-0.3, -0.25) is 4.79 Å². The van der Waals surface area contributed by atoms with Crippen molar-refractivity contribution in [2.24, 2.45) is 11.8 Å². The third kappa shape index (κ3) is 3.50. The third-order valence-corrected chi connectivity index (χ3v) is 5.26. The summed E-state index contributed by atoms with van der Waals surface area (Å²) in [7, 11) is 0. The first-order valence-corrected chi connectivity index (χ1v) is 8.31. The number of amides is 1. The van der Waals surface area contributed by atoms with E-state index in [4.69, 9.17) is 0 Å². The predicted octanol–water partition coefficient (Wildman–Crippen LogP) is 2.51. The van der Waals surface area contributed by atoms with Crippen LogP contribution >= 0.6 is 0 Å². The molecule has 2 saturated heterocycles. The van der Waals surface area contributed by atoms with Gasteiger partial charge in [0.15, 0.2) is 0 Å². The number of hydrogen-bond acceptors (Lipinski definition) is 2. The minimum atomic E-state index is 0.427. The molecule has 1 aliphatic carbocycles. The molecule has 0 aromatic rings. The van der Waals surface area contributed by atoms with Gasteiger partial charge in [-0.05, 0) is 70.0 Å². The van der Waals surface area contributed by atoms with Gasteiger partial charge in [0.25, 0.3) is 0 Å². The van der Waals surface area contributed by atoms with E-state index < -0.39 is 0 Å². The Bertz CT molecular complexity index is 300. The van der Waals surface area contributed by atoms with Crippen molar-refractivity contribution in [2.75, 3.05) is 32.7 Å². The number of piperidine rings is 1. The van der Waals surface area contributed by atoms with Crippen molar-refractivity contribution < 1.29 is 4.79 Å². The monoisotopic (exact) mass is 264 g/mol. The fraction of sp³-hybridized carbons (Fsp3) is 0.938. The van der Waals surface area contributed by atoms with E-state index >= 15 is 0 Å². The molecule has 2 unspecified atom stereocenters. The summed E-state index contributed by atoms with van der Waals surface area (Å²) in [5, 5.41) is 0. The van der Waals surface area contributed by atoms with Crippen LogP contribution in [0, 0.1) is 11.8 Å². The van der Waals surface area contributed by atoms with Crippen LogP contribution < -0.4 is 0 Å². The Morgan fingerprint density at radius 1 is 1.00 bits per heavy atom. The molecule has 3 nitrogen and oxygen atoms in total. The summed E-state index contributed by atoms with van der Waals surface area (Å²) in [4.78, 5) is 17.0. The number of fused-ring (bicyclic) bond motifs is 2. The molecular weight excluding hydrogens is 236 g/mol. The van der Waals surface area contributed by atoms with Gasteiger partial charge in [-0.1, -0.05) is 6.42 Å². The number of hydrogen-bond donors (Lipinski definition) is 0. The molecule has 3 aliphatic rings. The van der Waals surface area contributed by atoms with Gasteiger partial charge in [0.2, 0.25) is 5.91 Å². The lowest BCUT2D eigenvalue weighted by Crippen LogP contribution is -2.45. The molecule has 19 heavy (non-hydrogen) atoms. The van der Waals surface area contributed by atoms with Gasteiger partial charge < -0.3 is 9.80 Å². The van der Waals surface area contributed by atoms with Crippen LogP contribution in [0.1, 0.15) is 51.4 Å². The second-order valence-corrected chi connectivity index (χ2v) is 6.85. The predicted molar refractivity (Wildman–Crippen MR) is 76.9 cm³/mol. The molecule has 2 aliphatic heterocycles. The SMILES string of the molecule is O=C(CCCN1CCCC1)N1CC2CCCC(C2)C1. The lowest BCUT2D eigenvalue weighted by Gasteiger charge is -2.41. The van der Waals surface area contributed by atoms with E-state index in [0.29, 0.717) is 5.91 Å². The minimum Gasteiger partial charge on any atom is -0.342 e. The highest BCUT2D eigenvalue weighted by molar-refractivity contribution is 5.76. The van der Waals surface area contributed by atoms with Crippen LogP contribution in [0.5, 0.6) is 0 Å². The molecule has 3 rings (SSSR count). The molecule has 1 amide bonds. The zero-order chi connectivity index (χ0) is 13.1. The summed E-state index contributed by atoms with van der Waals surface area (Å²) in [6.07, 6.45) is 10.0. The van der Waals surface area contributed by atoms with Crippen molar-refractivity contribution in [3.8, 4) is 0 Å². The van der Waals surface area contributed by atoms with E-state index in [9.17, 15) is 4.79 Å². The van der Waals surface area contributed by atoms with Gasteiger partial charge in [-0.25, -0.2) is 0 Å². The zero-order valence-electron chi connectivity index (χ0n) is 12.1. The molecule has 1 saturated carbocycles. The molecular formula is C16H28N2O. The van der Waals surface area contributed by atoms with Gasteiger partial charge >= 0.3 is 0 Å². The second-order valence-electron chi connectivity index (χ2n) is 6.85. The summed E-state index contributed by atoms with van der Waals surface area (Å²) in [6.45, 7) is 5.74. The smallest absolute Gasteiger partial charge is 0.222 e. The molecule has 0 spiro atoms. The fourth-order valence-corrected chi connectivity index (χ4v) is 4.25. The van der Waals surface area contributed by atoms with E-state index in [1.807, 2.05) is 0 Å². The number of carbonyl (C=O) groups excluding carboxylic acids is 1. The highest BCUT2D eigenvalue weighted by Crippen LogP contribution is 2.34. The Morgan fingerprint density at radius 3 is 2.37 bits per heavy atom. The average molecular weight is 264 g/mol. The molecule has 3 fully saturated rings. The maximum atomic E-state index is 12.3. The van der Waals surface area contributed by atoms with Crippen molar-refractivity contribution >= 4 is 5.91 Å². The number of nitrogens with zero attached hydrogens (tertiary/aromatic N) is 2. The van der Waals surface area contributed by atoms with Crippen molar-refractivity contribution in [2.45, 2.75) is 51.4 Å². The quantitative estimate of drug-likeness (QED) is 0.779. The normalized spacial score (nSPS) is 31.7. The van der Waals surface area contributed by atoms with Crippen LogP contribution in [0.4, 0.5) is 0 Å². The Balaban J connectivity index is 1.40. The first-order chi connectivity index (χ1) is 9.31. The van der Waals surface area contributed by atoms with E-state index in [0.717, 1.165) is 44.3 Å². The van der Waals surface area contributed by atoms with E-state index in [1.165, 1.54) is 51.6 Å². The Labute approximate surface area is 117 Å². The minimum absolute atomic E-state index is 0.427. The molecule has 0 radical (unpaired) electrons. The Morgan fingerprint density at radius 2 is 1.68 bits per heavy atom. The molecule has 2 heterocycles. The van der Waals surface area contributed by atoms with Crippen LogP contribution in [-0.2, 0) is 4.79 Å². The van der Waals surface area contributed by atoms with Crippen LogP contribution in [0.2, 0.25) is 0 Å². The Hall–Kier alpha value is -0.570. The topological polar surface area (TPSA) is 23.6 Å². The molecule has 2 atom stereocenters. The van der Waals surface area contributed by atoms with Crippen molar-refractivity contribution in [3.63, 3.8) is 0 Å². The van der Waals surface area contributed by atoms with Crippen molar-refractivity contribution in [3.05, 3.63) is 0 Å². The molecule has 0 aromatic heterocycles. The van der Waals surface area contributed by atoms with Gasteiger partial charge in [-0.2, -0.15) is 0 Å². The zero-order valence-corrected chi connectivity index (χ0v) is 12.1. The van der Waals surface area contributed by atoms with Crippen LogP contribution in [0.15, 0.2) is 0 Å². The maximum absolute atomic E-state index is 12.3. The summed E-state index contributed by atoms with van der Waals surface area (Å²) in [6, 6.07) is 0. The Kier molecular flexibility index (Phi) is 4.42. The number of rotatable bonds is 4. The second kappa shape index (κ2) is 6.25. The van der Waals surface area contributed by atoms with Gasteiger partial charge in [0.05, 0.1) is 0 Å². The highest BCUT2D eigenvalue weighted by atomic mass is 16.2. The number of likely N-dealkylation sites (tertiary alicyclic amines) is 2. The first kappa shape index (κ1) is 13.4. The molecule has 108 valence electrons. The van der Waals surface area contributed by atoms with E-state index in [-0.39, 0.29) is 0 Å². The van der Waals surface area contributed by atoms with Crippen LogP contribution in [0.25, 0.3) is 0 Å². The van der Waals surface area contributed by atoms with Crippen LogP contribution in [0.3, 0.4) is 0 Å². The van der Waals surface area contributed by atoms with E-state index in [2.05, 4.69) is 9.80 Å².